The highest BCUT2D eigenvalue weighted by molar-refractivity contribution is 7.99. The van der Waals surface area contributed by atoms with Gasteiger partial charge in [-0.25, -0.2) is 4.79 Å². The zero-order valence-electron chi connectivity index (χ0n) is 13.9. The first-order valence-electron chi connectivity index (χ1n) is 7.86. The predicted molar refractivity (Wildman–Crippen MR) is 93.1 cm³/mol. The summed E-state index contributed by atoms with van der Waals surface area (Å²) in [4.78, 5) is 23.3. The van der Waals surface area contributed by atoms with Crippen LogP contribution in [-0.4, -0.2) is 47.6 Å². The molecule has 0 radical (unpaired) electrons. The summed E-state index contributed by atoms with van der Waals surface area (Å²) in [5.74, 6) is -0.0506. The van der Waals surface area contributed by atoms with Crippen molar-refractivity contribution in [1.82, 2.24) is 20.8 Å². The van der Waals surface area contributed by atoms with E-state index in [9.17, 15) is 9.59 Å². The standard InChI is InChI=1S/C16H20N4O4S/c1-2-23-10-6-9-17-15(22)18-13(21)11-25-16-20-19-14(24-16)12-7-4-3-5-8-12/h3-5,7-8H,2,6,9-11H2,1H3,(H2,17,18,21,22). The summed E-state index contributed by atoms with van der Waals surface area (Å²) < 4.78 is 10.6. The van der Waals surface area contributed by atoms with Crippen LogP contribution in [0.2, 0.25) is 0 Å². The van der Waals surface area contributed by atoms with Crippen LogP contribution >= 0.6 is 11.8 Å². The van der Waals surface area contributed by atoms with Crippen LogP contribution < -0.4 is 10.6 Å². The van der Waals surface area contributed by atoms with E-state index >= 15 is 0 Å². The molecule has 0 saturated carbocycles. The van der Waals surface area contributed by atoms with Crippen molar-refractivity contribution in [3.8, 4) is 11.5 Å². The summed E-state index contributed by atoms with van der Waals surface area (Å²) >= 11 is 1.07. The first kappa shape index (κ1) is 18.9. The van der Waals surface area contributed by atoms with E-state index in [1.165, 1.54) is 0 Å². The molecule has 0 atom stereocenters. The van der Waals surface area contributed by atoms with Crippen LogP contribution in [0, 0.1) is 0 Å². The minimum Gasteiger partial charge on any atom is -0.411 e. The molecule has 0 fully saturated rings. The van der Waals surface area contributed by atoms with Crippen molar-refractivity contribution in [2.24, 2.45) is 0 Å². The molecule has 0 aliphatic rings. The van der Waals surface area contributed by atoms with Crippen LogP contribution in [0.4, 0.5) is 4.79 Å². The van der Waals surface area contributed by atoms with Crippen LogP contribution in [0.15, 0.2) is 40.0 Å². The van der Waals surface area contributed by atoms with Crippen LogP contribution in [0.5, 0.6) is 0 Å². The van der Waals surface area contributed by atoms with Gasteiger partial charge in [-0.15, -0.1) is 10.2 Å². The maximum atomic E-state index is 11.7. The van der Waals surface area contributed by atoms with Gasteiger partial charge in [-0.2, -0.15) is 0 Å². The quantitative estimate of drug-likeness (QED) is 0.518. The molecule has 134 valence electrons. The number of amides is 3. The number of nitrogens with zero attached hydrogens (tertiary/aromatic N) is 2. The van der Waals surface area contributed by atoms with Gasteiger partial charge in [0.25, 0.3) is 5.22 Å². The number of benzene rings is 1. The third-order valence-electron chi connectivity index (χ3n) is 2.96. The van der Waals surface area contributed by atoms with Gasteiger partial charge < -0.3 is 14.5 Å². The molecule has 25 heavy (non-hydrogen) atoms. The number of imide groups is 1. The lowest BCUT2D eigenvalue weighted by atomic mass is 10.2. The van der Waals surface area contributed by atoms with Crippen molar-refractivity contribution >= 4 is 23.7 Å². The smallest absolute Gasteiger partial charge is 0.321 e. The molecule has 8 nitrogen and oxygen atoms in total. The van der Waals surface area contributed by atoms with Crippen molar-refractivity contribution in [3.05, 3.63) is 30.3 Å². The minimum atomic E-state index is -0.530. The molecule has 0 spiro atoms. The Balaban J connectivity index is 1.68. The minimum absolute atomic E-state index is 0.00277. The fraction of sp³-hybridized carbons (Fsp3) is 0.375. The molecule has 9 heteroatoms. The third-order valence-corrected chi connectivity index (χ3v) is 3.78. The average Bonchev–Trinajstić information content (AvgIpc) is 3.09. The SMILES string of the molecule is CCOCCCNC(=O)NC(=O)CSc1nnc(-c2ccccc2)o1. The van der Waals surface area contributed by atoms with E-state index in [0.717, 1.165) is 17.3 Å². The first-order valence-corrected chi connectivity index (χ1v) is 8.84. The highest BCUT2D eigenvalue weighted by Crippen LogP contribution is 2.22. The van der Waals surface area contributed by atoms with Crippen molar-refractivity contribution in [1.29, 1.82) is 0 Å². The number of carbonyl (C=O) groups is 2. The zero-order valence-corrected chi connectivity index (χ0v) is 14.7. The van der Waals surface area contributed by atoms with Gasteiger partial charge in [0, 0.05) is 25.3 Å². The second-order valence-corrected chi connectivity index (χ2v) is 5.81. The largest absolute Gasteiger partial charge is 0.411 e. The Kier molecular flexibility index (Phi) is 7.93. The van der Waals surface area contributed by atoms with Gasteiger partial charge >= 0.3 is 6.03 Å². The predicted octanol–water partition coefficient (Wildman–Crippen LogP) is 2.08. The van der Waals surface area contributed by atoms with Gasteiger partial charge in [-0.1, -0.05) is 30.0 Å². The fourth-order valence-electron chi connectivity index (χ4n) is 1.82. The molecule has 1 aromatic carbocycles. The molecule has 2 aromatic rings. The molecule has 0 saturated heterocycles. The van der Waals surface area contributed by atoms with Crippen LogP contribution in [-0.2, 0) is 9.53 Å². The maximum absolute atomic E-state index is 11.7. The summed E-state index contributed by atoms with van der Waals surface area (Å²) in [6.45, 7) is 3.56. The van der Waals surface area contributed by atoms with Gasteiger partial charge in [0.15, 0.2) is 0 Å². The Labute approximate surface area is 149 Å². The second kappa shape index (κ2) is 10.5. The Morgan fingerprint density at radius 1 is 1.24 bits per heavy atom. The number of hydrogen-bond donors (Lipinski definition) is 2. The van der Waals surface area contributed by atoms with E-state index < -0.39 is 11.9 Å². The third kappa shape index (κ3) is 6.94. The highest BCUT2D eigenvalue weighted by Gasteiger charge is 2.12. The maximum Gasteiger partial charge on any atom is 0.321 e. The highest BCUT2D eigenvalue weighted by atomic mass is 32.2. The Morgan fingerprint density at radius 2 is 2.04 bits per heavy atom. The van der Waals surface area contributed by atoms with Gasteiger partial charge in [-0.05, 0) is 25.5 Å². The normalized spacial score (nSPS) is 10.4. The molecule has 0 bridgehead atoms. The van der Waals surface area contributed by atoms with Crippen molar-refractivity contribution in [2.75, 3.05) is 25.5 Å². The Hall–Kier alpha value is -2.39. The molecule has 0 unspecified atom stereocenters. The average molecular weight is 364 g/mol. The fourth-order valence-corrected chi connectivity index (χ4v) is 2.38. The van der Waals surface area contributed by atoms with Gasteiger partial charge in [0.2, 0.25) is 11.8 Å². The van der Waals surface area contributed by atoms with E-state index in [1.54, 1.807) is 0 Å². The van der Waals surface area contributed by atoms with Gasteiger partial charge in [0.05, 0.1) is 5.75 Å². The lowest BCUT2D eigenvalue weighted by molar-refractivity contribution is -0.117. The number of aromatic nitrogens is 2. The molecular weight excluding hydrogens is 344 g/mol. The van der Waals surface area contributed by atoms with Crippen LogP contribution in [0.3, 0.4) is 0 Å². The van der Waals surface area contributed by atoms with E-state index in [0.29, 0.717) is 32.1 Å². The molecular formula is C16H20N4O4S. The summed E-state index contributed by atoms with van der Waals surface area (Å²) in [6.07, 6.45) is 0.689. The lowest BCUT2D eigenvalue weighted by Gasteiger charge is -2.06. The van der Waals surface area contributed by atoms with Crippen molar-refractivity contribution in [2.45, 2.75) is 18.6 Å². The van der Waals surface area contributed by atoms with Gasteiger partial charge in [-0.3, -0.25) is 10.1 Å². The summed E-state index contributed by atoms with van der Waals surface area (Å²) in [7, 11) is 0. The molecule has 3 amide bonds. The van der Waals surface area contributed by atoms with Crippen molar-refractivity contribution < 1.29 is 18.7 Å². The molecule has 1 heterocycles. The molecule has 2 N–H and O–H groups in total. The number of hydrogen-bond acceptors (Lipinski definition) is 7. The van der Waals surface area contributed by atoms with E-state index in [4.69, 9.17) is 9.15 Å². The van der Waals surface area contributed by atoms with Crippen LogP contribution in [0.25, 0.3) is 11.5 Å². The first-order chi connectivity index (χ1) is 12.2. The topological polar surface area (TPSA) is 106 Å². The van der Waals surface area contributed by atoms with Crippen molar-refractivity contribution in [3.63, 3.8) is 0 Å². The molecule has 2 rings (SSSR count). The number of urea groups is 1. The molecule has 1 aromatic heterocycles. The summed E-state index contributed by atoms with van der Waals surface area (Å²) in [6, 6.07) is 8.80. The molecule has 0 aliphatic heterocycles. The Morgan fingerprint density at radius 3 is 2.80 bits per heavy atom. The zero-order chi connectivity index (χ0) is 17.9. The van der Waals surface area contributed by atoms with E-state index in [2.05, 4.69) is 20.8 Å². The molecule has 0 aliphatic carbocycles. The summed E-state index contributed by atoms with van der Waals surface area (Å²) in [5.41, 5.74) is 0.803. The van der Waals surface area contributed by atoms with Crippen LogP contribution in [0.1, 0.15) is 13.3 Å². The lowest BCUT2D eigenvalue weighted by Crippen LogP contribution is -2.40. The number of nitrogens with one attached hydrogen (secondary N) is 2. The monoisotopic (exact) mass is 364 g/mol. The Bertz CT molecular complexity index is 678. The second-order valence-electron chi connectivity index (χ2n) is 4.88. The number of carbonyl (C=O) groups excluding carboxylic acids is 2. The van der Waals surface area contributed by atoms with Gasteiger partial charge in [0.1, 0.15) is 0 Å². The summed E-state index contributed by atoms with van der Waals surface area (Å²) in [5, 5.41) is 12.9. The van der Waals surface area contributed by atoms with E-state index in [1.807, 2.05) is 37.3 Å². The van der Waals surface area contributed by atoms with E-state index in [-0.39, 0.29) is 11.0 Å². The number of rotatable bonds is 9. The number of thioether (sulfide) groups is 1. The number of ether oxygens (including phenoxy) is 1.